The number of para-hydroxylation sites is 1. The molecule has 0 bridgehead atoms. The van der Waals surface area contributed by atoms with Crippen molar-refractivity contribution in [2.24, 2.45) is 0 Å². The van der Waals surface area contributed by atoms with Crippen LogP contribution in [-0.2, 0) is 4.79 Å². The fourth-order valence-corrected chi connectivity index (χ4v) is 1.85. The predicted molar refractivity (Wildman–Crippen MR) is 81.7 cm³/mol. The van der Waals surface area contributed by atoms with E-state index in [1.807, 2.05) is 0 Å². The average molecular weight is 350 g/mol. The number of ether oxygens (including phenoxy) is 1. The van der Waals surface area contributed by atoms with E-state index in [0.717, 1.165) is 24.3 Å². The summed E-state index contributed by atoms with van der Waals surface area (Å²) in [6.07, 6.45) is -3.94. The SMILES string of the molecule is N#C/C(=C\c1ccccc1OC(F)(F)F)C(=O)Nc1ccc(F)cc1. The number of hydrogen-bond acceptors (Lipinski definition) is 3. The third-order valence-electron chi connectivity index (χ3n) is 2.91. The minimum Gasteiger partial charge on any atom is -0.405 e. The molecule has 0 unspecified atom stereocenters. The maximum absolute atomic E-state index is 12.8. The summed E-state index contributed by atoms with van der Waals surface area (Å²) in [4.78, 5) is 12.1. The van der Waals surface area contributed by atoms with E-state index < -0.39 is 29.4 Å². The Morgan fingerprint density at radius 2 is 1.76 bits per heavy atom. The maximum atomic E-state index is 12.8. The number of carbonyl (C=O) groups is 1. The Bertz CT molecular complexity index is 837. The van der Waals surface area contributed by atoms with Gasteiger partial charge in [-0.1, -0.05) is 18.2 Å². The van der Waals surface area contributed by atoms with Crippen LogP contribution in [0.25, 0.3) is 6.08 Å². The van der Waals surface area contributed by atoms with Gasteiger partial charge in [0, 0.05) is 11.3 Å². The number of carbonyl (C=O) groups excluding carboxylic acids is 1. The molecule has 8 heteroatoms. The lowest BCUT2D eigenvalue weighted by molar-refractivity contribution is -0.274. The second kappa shape index (κ2) is 7.49. The molecule has 0 aliphatic heterocycles. The molecular weight excluding hydrogens is 340 g/mol. The second-order valence-electron chi connectivity index (χ2n) is 4.72. The van der Waals surface area contributed by atoms with Crippen molar-refractivity contribution in [2.75, 3.05) is 5.32 Å². The van der Waals surface area contributed by atoms with Crippen LogP contribution in [0.2, 0.25) is 0 Å². The zero-order chi connectivity index (χ0) is 18.4. The highest BCUT2D eigenvalue weighted by atomic mass is 19.4. The topological polar surface area (TPSA) is 62.1 Å². The van der Waals surface area contributed by atoms with Gasteiger partial charge in [0.2, 0.25) is 0 Å². The summed E-state index contributed by atoms with van der Waals surface area (Å²) < 4.78 is 53.9. The highest BCUT2D eigenvalue weighted by molar-refractivity contribution is 6.09. The first kappa shape index (κ1) is 18.0. The third-order valence-corrected chi connectivity index (χ3v) is 2.91. The summed E-state index contributed by atoms with van der Waals surface area (Å²) in [7, 11) is 0. The first-order valence-corrected chi connectivity index (χ1v) is 6.82. The Morgan fingerprint density at radius 3 is 2.36 bits per heavy atom. The summed E-state index contributed by atoms with van der Waals surface area (Å²) in [6.45, 7) is 0. The minimum absolute atomic E-state index is 0.0920. The van der Waals surface area contributed by atoms with Crippen molar-refractivity contribution in [3.63, 3.8) is 0 Å². The molecule has 0 fully saturated rings. The van der Waals surface area contributed by atoms with Crippen LogP contribution in [0.4, 0.5) is 23.2 Å². The molecule has 2 aromatic carbocycles. The van der Waals surface area contributed by atoms with E-state index in [1.54, 1.807) is 6.07 Å². The number of nitriles is 1. The van der Waals surface area contributed by atoms with Gasteiger partial charge in [-0.25, -0.2) is 4.39 Å². The highest BCUT2D eigenvalue weighted by Gasteiger charge is 2.31. The zero-order valence-corrected chi connectivity index (χ0v) is 12.5. The normalized spacial score (nSPS) is 11.6. The van der Waals surface area contributed by atoms with Crippen molar-refractivity contribution in [2.45, 2.75) is 6.36 Å². The maximum Gasteiger partial charge on any atom is 0.573 e. The van der Waals surface area contributed by atoms with Gasteiger partial charge >= 0.3 is 6.36 Å². The first-order chi connectivity index (χ1) is 11.8. The van der Waals surface area contributed by atoms with Gasteiger partial charge < -0.3 is 10.1 Å². The standard InChI is InChI=1S/C17H10F4N2O2/c18-13-5-7-14(8-6-13)23-16(24)12(10-22)9-11-3-1-2-4-15(11)25-17(19,20)21/h1-9H,(H,23,24)/b12-9+. The molecule has 0 saturated carbocycles. The largest absolute Gasteiger partial charge is 0.573 e. The smallest absolute Gasteiger partial charge is 0.405 e. The molecule has 0 atom stereocenters. The third kappa shape index (κ3) is 5.35. The van der Waals surface area contributed by atoms with E-state index in [4.69, 9.17) is 5.26 Å². The van der Waals surface area contributed by atoms with Gasteiger partial charge in [0.15, 0.2) is 0 Å². The van der Waals surface area contributed by atoms with Crippen molar-refractivity contribution in [1.29, 1.82) is 5.26 Å². The Kier molecular flexibility index (Phi) is 5.39. The van der Waals surface area contributed by atoms with Crippen molar-refractivity contribution in [1.82, 2.24) is 0 Å². The van der Waals surface area contributed by atoms with Gasteiger partial charge in [-0.2, -0.15) is 5.26 Å². The number of hydrogen-bond donors (Lipinski definition) is 1. The second-order valence-corrected chi connectivity index (χ2v) is 4.72. The lowest BCUT2D eigenvalue weighted by atomic mass is 10.1. The van der Waals surface area contributed by atoms with E-state index >= 15 is 0 Å². The number of benzene rings is 2. The van der Waals surface area contributed by atoms with Gasteiger partial charge in [0.05, 0.1) is 0 Å². The molecule has 0 aromatic heterocycles. The van der Waals surface area contributed by atoms with Gasteiger partial charge in [-0.05, 0) is 36.4 Å². The van der Waals surface area contributed by atoms with E-state index in [2.05, 4.69) is 10.1 Å². The fraction of sp³-hybridized carbons (Fsp3) is 0.0588. The Morgan fingerprint density at radius 1 is 1.12 bits per heavy atom. The van der Waals surface area contributed by atoms with Crippen molar-refractivity contribution < 1.29 is 27.1 Å². The molecule has 1 N–H and O–H groups in total. The van der Waals surface area contributed by atoms with Crippen LogP contribution < -0.4 is 10.1 Å². The summed E-state index contributed by atoms with van der Waals surface area (Å²) in [5.41, 5.74) is -0.305. The molecule has 25 heavy (non-hydrogen) atoms. The van der Waals surface area contributed by atoms with Crippen LogP contribution >= 0.6 is 0 Å². The number of halogens is 4. The van der Waals surface area contributed by atoms with Gasteiger partial charge in [-0.15, -0.1) is 13.2 Å². The van der Waals surface area contributed by atoms with Crippen molar-refractivity contribution in [3.8, 4) is 11.8 Å². The lowest BCUT2D eigenvalue weighted by Crippen LogP contribution is -2.18. The molecule has 2 aromatic rings. The Hall–Kier alpha value is -3.34. The Labute approximate surface area is 140 Å². The van der Waals surface area contributed by atoms with Gasteiger partial charge in [-0.3, -0.25) is 4.79 Å². The number of nitrogens with zero attached hydrogens (tertiary/aromatic N) is 1. The average Bonchev–Trinajstić information content (AvgIpc) is 2.54. The Balaban J connectivity index is 2.27. The zero-order valence-electron chi connectivity index (χ0n) is 12.5. The number of amides is 1. The predicted octanol–water partition coefficient (Wildman–Crippen LogP) is 4.27. The van der Waals surface area contributed by atoms with E-state index in [0.29, 0.717) is 0 Å². The molecule has 128 valence electrons. The van der Waals surface area contributed by atoms with E-state index in [-0.39, 0.29) is 11.3 Å². The van der Waals surface area contributed by atoms with Crippen LogP contribution in [-0.4, -0.2) is 12.3 Å². The van der Waals surface area contributed by atoms with Crippen LogP contribution in [0, 0.1) is 17.1 Å². The number of nitrogens with one attached hydrogen (secondary N) is 1. The molecule has 1 amide bonds. The fourth-order valence-electron chi connectivity index (χ4n) is 1.85. The molecule has 0 spiro atoms. The van der Waals surface area contributed by atoms with Crippen LogP contribution in [0.1, 0.15) is 5.56 Å². The summed E-state index contributed by atoms with van der Waals surface area (Å²) in [5, 5.41) is 11.4. The monoisotopic (exact) mass is 350 g/mol. The van der Waals surface area contributed by atoms with Gasteiger partial charge in [0.25, 0.3) is 5.91 Å². The van der Waals surface area contributed by atoms with Gasteiger partial charge in [0.1, 0.15) is 23.2 Å². The van der Waals surface area contributed by atoms with Crippen LogP contribution in [0.5, 0.6) is 5.75 Å². The van der Waals surface area contributed by atoms with E-state index in [9.17, 15) is 22.4 Å². The molecule has 0 aliphatic rings. The molecule has 0 heterocycles. The number of rotatable bonds is 4. The molecule has 2 rings (SSSR count). The van der Waals surface area contributed by atoms with Crippen LogP contribution in [0.15, 0.2) is 54.1 Å². The molecule has 0 aliphatic carbocycles. The molecule has 4 nitrogen and oxygen atoms in total. The van der Waals surface area contributed by atoms with Crippen molar-refractivity contribution in [3.05, 3.63) is 65.5 Å². The minimum atomic E-state index is -4.91. The van der Waals surface area contributed by atoms with Crippen molar-refractivity contribution >= 4 is 17.7 Å². The lowest BCUT2D eigenvalue weighted by Gasteiger charge is -2.11. The van der Waals surface area contributed by atoms with Crippen LogP contribution in [0.3, 0.4) is 0 Å². The summed E-state index contributed by atoms with van der Waals surface area (Å²) in [5.74, 6) is -1.90. The first-order valence-electron chi connectivity index (χ1n) is 6.82. The highest BCUT2D eigenvalue weighted by Crippen LogP contribution is 2.27. The summed E-state index contributed by atoms with van der Waals surface area (Å²) >= 11 is 0. The molecule has 0 saturated heterocycles. The summed E-state index contributed by atoms with van der Waals surface area (Å²) in [6, 6.07) is 11.5. The molecule has 0 radical (unpaired) electrons. The number of alkyl halides is 3. The number of anilines is 1. The molecular formula is C17H10F4N2O2. The van der Waals surface area contributed by atoms with E-state index in [1.165, 1.54) is 30.3 Å². The quantitative estimate of drug-likeness (QED) is 0.509.